The van der Waals surface area contributed by atoms with Crippen molar-refractivity contribution in [2.45, 2.75) is 32.7 Å². The van der Waals surface area contributed by atoms with Crippen molar-refractivity contribution in [3.8, 4) is 0 Å². The number of hydrogen-bond donors (Lipinski definition) is 2. The molecule has 0 bridgehead atoms. The van der Waals surface area contributed by atoms with Crippen LogP contribution in [0.3, 0.4) is 0 Å². The van der Waals surface area contributed by atoms with Crippen LogP contribution in [0.4, 0.5) is 5.95 Å². The SMILES string of the molecule is COCCCNc1nccc(C(=O)NC(C)(C)C)n1. The van der Waals surface area contributed by atoms with Gasteiger partial charge in [0.15, 0.2) is 0 Å². The molecule has 106 valence electrons. The molecule has 6 nitrogen and oxygen atoms in total. The van der Waals surface area contributed by atoms with Gasteiger partial charge in [-0.3, -0.25) is 4.79 Å². The fourth-order valence-corrected chi connectivity index (χ4v) is 1.39. The highest BCUT2D eigenvalue weighted by atomic mass is 16.5. The number of carbonyl (C=O) groups is 1. The normalized spacial score (nSPS) is 11.2. The number of nitrogens with one attached hydrogen (secondary N) is 2. The minimum absolute atomic E-state index is 0.199. The van der Waals surface area contributed by atoms with E-state index in [1.807, 2.05) is 20.8 Å². The van der Waals surface area contributed by atoms with Gasteiger partial charge < -0.3 is 15.4 Å². The maximum atomic E-state index is 11.9. The third-order valence-electron chi connectivity index (χ3n) is 2.19. The van der Waals surface area contributed by atoms with Gasteiger partial charge in [-0.15, -0.1) is 0 Å². The molecule has 0 aliphatic carbocycles. The number of hydrogen-bond acceptors (Lipinski definition) is 5. The number of ether oxygens (including phenoxy) is 1. The summed E-state index contributed by atoms with van der Waals surface area (Å²) in [4.78, 5) is 20.2. The largest absolute Gasteiger partial charge is 0.385 e. The molecule has 1 amide bonds. The third kappa shape index (κ3) is 6.15. The Hall–Kier alpha value is -1.69. The number of methoxy groups -OCH3 is 1. The quantitative estimate of drug-likeness (QED) is 0.762. The summed E-state index contributed by atoms with van der Waals surface area (Å²) in [6.07, 6.45) is 2.43. The first-order valence-electron chi connectivity index (χ1n) is 6.31. The second-order valence-corrected chi connectivity index (χ2v) is 5.24. The van der Waals surface area contributed by atoms with E-state index in [1.165, 1.54) is 0 Å². The number of carbonyl (C=O) groups excluding carboxylic acids is 1. The standard InChI is InChI=1S/C13H22N4O2/c1-13(2,3)17-11(18)10-6-8-15-12(16-10)14-7-5-9-19-4/h6,8H,5,7,9H2,1-4H3,(H,17,18)(H,14,15,16). The molecule has 0 spiro atoms. The van der Waals surface area contributed by atoms with Crippen LogP contribution in [0, 0.1) is 0 Å². The van der Waals surface area contributed by atoms with Crippen molar-refractivity contribution in [1.29, 1.82) is 0 Å². The molecule has 1 aromatic rings. The maximum Gasteiger partial charge on any atom is 0.270 e. The number of aromatic nitrogens is 2. The molecule has 19 heavy (non-hydrogen) atoms. The fourth-order valence-electron chi connectivity index (χ4n) is 1.39. The molecule has 0 aliphatic rings. The molecule has 1 heterocycles. The molecule has 0 aliphatic heterocycles. The Morgan fingerprint density at radius 3 is 2.79 bits per heavy atom. The molecule has 0 fully saturated rings. The van der Waals surface area contributed by atoms with Crippen molar-refractivity contribution in [1.82, 2.24) is 15.3 Å². The van der Waals surface area contributed by atoms with E-state index in [0.717, 1.165) is 6.42 Å². The van der Waals surface area contributed by atoms with Crippen LogP contribution in [0.15, 0.2) is 12.3 Å². The van der Waals surface area contributed by atoms with Crippen molar-refractivity contribution < 1.29 is 9.53 Å². The first-order valence-corrected chi connectivity index (χ1v) is 6.31. The number of anilines is 1. The summed E-state index contributed by atoms with van der Waals surface area (Å²) in [5.41, 5.74) is 0.0767. The molecule has 0 unspecified atom stereocenters. The van der Waals surface area contributed by atoms with E-state index in [9.17, 15) is 4.79 Å². The number of nitrogens with zero attached hydrogens (tertiary/aromatic N) is 2. The molecule has 2 N–H and O–H groups in total. The van der Waals surface area contributed by atoms with Crippen LogP contribution in [0.2, 0.25) is 0 Å². The lowest BCUT2D eigenvalue weighted by atomic mass is 10.1. The summed E-state index contributed by atoms with van der Waals surface area (Å²) >= 11 is 0. The van der Waals surface area contributed by atoms with Crippen molar-refractivity contribution in [3.63, 3.8) is 0 Å². The van der Waals surface area contributed by atoms with Crippen LogP contribution in [-0.2, 0) is 4.74 Å². The number of amides is 1. The summed E-state index contributed by atoms with van der Waals surface area (Å²) in [6, 6.07) is 1.60. The molecule has 1 rings (SSSR count). The summed E-state index contributed by atoms with van der Waals surface area (Å²) in [6.45, 7) is 7.16. The van der Waals surface area contributed by atoms with Gasteiger partial charge in [0.25, 0.3) is 5.91 Å². The Morgan fingerprint density at radius 1 is 1.42 bits per heavy atom. The Labute approximate surface area is 114 Å². The molecule has 0 atom stereocenters. The molecule has 1 aromatic heterocycles. The van der Waals surface area contributed by atoms with Gasteiger partial charge in [0.2, 0.25) is 5.95 Å². The van der Waals surface area contributed by atoms with Crippen LogP contribution < -0.4 is 10.6 Å². The summed E-state index contributed by atoms with van der Waals surface area (Å²) in [5, 5.41) is 5.92. The van der Waals surface area contributed by atoms with Gasteiger partial charge in [-0.05, 0) is 33.3 Å². The monoisotopic (exact) mass is 266 g/mol. The molecule has 0 aromatic carbocycles. The van der Waals surface area contributed by atoms with Crippen molar-refractivity contribution >= 4 is 11.9 Å². The van der Waals surface area contributed by atoms with E-state index in [0.29, 0.717) is 24.8 Å². The molecule has 0 saturated carbocycles. The zero-order valence-corrected chi connectivity index (χ0v) is 12.0. The van der Waals surface area contributed by atoms with Crippen LogP contribution in [0.25, 0.3) is 0 Å². The van der Waals surface area contributed by atoms with Gasteiger partial charge >= 0.3 is 0 Å². The molecule has 6 heteroatoms. The van der Waals surface area contributed by atoms with Gasteiger partial charge in [-0.25, -0.2) is 9.97 Å². The molecular weight excluding hydrogens is 244 g/mol. The van der Waals surface area contributed by atoms with Crippen LogP contribution in [-0.4, -0.2) is 41.7 Å². The van der Waals surface area contributed by atoms with Gasteiger partial charge in [0.1, 0.15) is 5.69 Å². The summed E-state index contributed by atoms with van der Waals surface area (Å²) in [5.74, 6) is 0.257. The highest BCUT2D eigenvalue weighted by molar-refractivity contribution is 5.92. The minimum atomic E-state index is -0.284. The van der Waals surface area contributed by atoms with Crippen molar-refractivity contribution in [2.24, 2.45) is 0 Å². The highest BCUT2D eigenvalue weighted by Gasteiger charge is 2.16. The Balaban J connectivity index is 2.58. The Morgan fingerprint density at radius 2 is 2.16 bits per heavy atom. The summed E-state index contributed by atoms with van der Waals surface area (Å²) in [7, 11) is 1.66. The zero-order chi connectivity index (χ0) is 14.3. The van der Waals surface area contributed by atoms with Crippen LogP contribution in [0.5, 0.6) is 0 Å². The van der Waals surface area contributed by atoms with Gasteiger partial charge in [-0.1, -0.05) is 0 Å². The fraction of sp³-hybridized carbons (Fsp3) is 0.615. The number of rotatable bonds is 6. The van der Waals surface area contributed by atoms with Crippen molar-refractivity contribution in [2.75, 3.05) is 25.6 Å². The minimum Gasteiger partial charge on any atom is -0.385 e. The second-order valence-electron chi connectivity index (χ2n) is 5.24. The first kappa shape index (κ1) is 15.4. The lowest BCUT2D eigenvalue weighted by molar-refractivity contribution is 0.0914. The molecular formula is C13H22N4O2. The zero-order valence-electron chi connectivity index (χ0n) is 12.0. The smallest absolute Gasteiger partial charge is 0.270 e. The maximum absolute atomic E-state index is 11.9. The van der Waals surface area contributed by atoms with E-state index in [1.54, 1.807) is 19.4 Å². The average molecular weight is 266 g/mol. The lowest BCUT2D eigenvalue weighted by Crippen LogP contribution is -2.41. The van der Waals surface area contributed by atoms with E-state index >= 15 is 0 Å². The lowest BCUT2D eigenvalue weighted by Gasteiger charge is -2.20. The molecule has 0 saturated heterocycles. The third-order valence-corrected chi connectivity index (χ3v) is 2.19. The first-order chi connectivity index (χ1) is 8.92. The van der Waals surface area contributed by atoms with E-state index < -0.39 is 0 Å². The van der Waals surface area contributed by atoms with E-state index in [2.05, 4.69) is 20.6 Å². The van der Waals surface area contributed by atoms with Crippen LogP contribution in [0.1, 0.15) is 37.7 Å². The van der Waals surface area contributed by atoms with E-state index in [4.69, 9.17) is 4.74 Å². The van der Waals surface area contributed by atoms with Gasteiger partial charge in [-0.2, -0.15) is 0 Å². The van der Waals surface area contributed by atoms with Crippen LogP contribution >= 0.6 is 0 Å². The van der Waals surface area contributed by atoms with Gasteiger partial charge in [0, 0.05) is 32.0 Å². The highest BCUT2D eigenvalue weighted by Crippen LogP contribution is 2.04. The van der Waals surface area contributed by atoms with Crippen molar-refractivity contribution in [3.05, 3.63) is 18.0 Å². The predicted octanol–water partition coefficient (Wildman–Crippen LogP) is 1.45. The summed E-state index contributed by atoms with van der Waals surface area (Å²) < 4.78 is 4.95. The molecule has 0 radical (unpaired) electrons. The predicted molar refractivity (Wildman–Crippen MR) is 74.2 cm³/mol. The Bertz CT molecular complexity index is 415. The topological polar surface area (TPSA) is 76.1 Å². The average Bonchev–Trinajstić information content (AvgIpc) is 2.33. The van der Waals surface area contributed by atoms with E-state index in [-0.39, 0.29) is 11.4 Å². The van der Waals surface area contributed by atoms with Gasteiger partial charge in [0.05, 0.1) is 0 Å². The Kier molecular flexibility index (Phi) is 5.69. The second kappa shape index (κ2) is 7.04.